The maximum atomic E-state index is 8.87. The van der Waals surface area contributed by atoms with E-state index in [2.05, 4.69) is 5.32 Å². The quantitative estimate of drug-likeness (QED) is 0.253. The highest BCUT2D eigenvalue weighted by atomic mass is 16.3. The molecule has 6 heteroatoms. The Morgan fingerprint density at radius 2 is 1.23 bits per heavy atom. The predicted molar refractivity (Wildman–Crippen MR) is 45.1 cm³/mol. The second-order valence-electron chi connectivity index (χ2n) is 2.96. The molecule has 0 aliphatic heterocycles. The van der Waals surface area contributed by atoms with Gasteiger partial charge in [0.15, 0.2) is 0 Å². The molecular weight excluding hydrogens is 178 g/mol. The third kappa shape index (κ3) is 3.55. The molecule has 0 aromatic carbocycles. The molecule has 0 spiro atoms. The zero-order valence-electron chi connectivity index (χ0n) is 7.35. The summed E-state index contributed by atoms with van der Waals surface area (Å²) in [4.78, 5) is 0. The molecule has 6 N–H and O–H groups in total. The van der Waals surface area contributed by atoms with E-state index in [0.717, 1.165) is 0 Å². The van der Waals surface area contributed by atoms with Gasteiger partial charge in [-0.2, -0.15) is 0 Å². The molecule has 0 amide bonds. The molecule has 0 bridgehead atoms. The van der Waals surface area contributed by atoms with Crippen LogP contribution in [0.15, 0.2) is 0 Å². The van der Waals surface area contributed by atoms with Gasteiger partial charge >= 0.3 is 0 Å². The van der Waals surface area contributed by atoms with Crippen molar-refractivity contribution in [1.82, 2.24) is 5.32 Å². The van der Waals surface area contributed by atoms with Gasteiger partial charge in [-0.3, -0.25) is 5.32 Å². The van der Waals surface area contributed by atoms with Gasteiger partial charge < -0.3 is 25.5 Å². The topological polar surface area (TPSA) is 113 Å². The van der Waals surface area contributed by atoms with E-state index in [-0.39, 0.29) is 13.2 Å². The SMILES string of the molecule is OCC(CO)NC(CO)(CO)CO. The number of hydrogen-bond donors (Lipinski definition) is 6. The van der Waals surface area contributed by atoms with E-state index in [1.807, 2.05) is 0 Å². The first kappa shape index (κ1) is 12.8. The van der Waals surface area contributed by atoms with Gasteiger partial charge in [-0.25, -0.2) is 0 Å². The van der Waals surface area contributed by atoms with E-state index in [9.17, 15) is 0 Å². The monoisotopic (exact) mass is 195 g/mol. The highest BCUT2D eigenvalue weighted by Crippen LogP contribution is 2.03. The van der Waals surface area contributed by atoms with Crippen molar-refractivity contribution >= 4 is 0 Å². The minimum absolute atomic E-state index is 0.335. The summed E-state index contributed by atoms with van der Waals surface area (Å²) in [6.45, 7) is -2.10. The van der Waals surface area contributed by atoms with Crippen LogP contribution in [-0.2, 0) is 0 Å². The fourth-order valence-corrected chi connectivity index (χ4v) is 0.869. The Morgan fingerprint density at radius 3 is 1.46 bits per heavy atom. The normalized spacial score (nSPS) is 12.5. The van der Waals surface area contributed by atoms with Crippen LogP contribution in [0.2, 0.25) is 0 Å². The molecule has 0 fully saturated rings. The number of nitrogens with one attached hydrogen (secondary N) is 1. The van der Waals surface area contributed by atoms with Gasteiger partial charge in [0.1, 0.15) is 0 Å². The molecule has 6 nitrogen and oxygen atoms in total. The Hall–Kier alpha value is -0.240. The highest BCUT2D eigenvalue weighted by molar-refractivity contribution is 4.89. The fraction of sp³-hybridized carbons (Fsp3) is 1.00. The lowest BCUT2D eigenvalue weighted by Gasteiger charge is -2.32. The van der Waals surface area contributed by atoms with Gasteiger partial charge in [-0.05, 0) is 0 Å². The molecule has 0 rings (SSSR count). The average Bonchev–Trinajstić information content (AvgIpc) is 2.21. The van der Waals surface area contributed by atoms with Crippen LogP contribution in [0.5, 0.6) is 0 Å². The standard InChI is InChI=1S/C7H17NO5/c9-1-6(2-10)8-7(3-11,4-12)5-13/h6,8-13H,1-5H2. The molecular formula is C7H17NO5. The second kappa shape index (κ2) is 6.25. The molecule has 0 saturated carbocycles. The van der Waals surface area contributed by atoms with Gasteiger partial charge in [-0.15, -0.1) is 0 Å². The summed E-state index contributed by atoms with van der Waals surface area (Å²) < 4.78 is 0. The number of rotatable bonds is 7. The molecule has 0 heterocycles. The Balaban J connectivity index is 4.21. The summed E-state index contributed by atoms with van der Waals surface area (Å²) in [7, 11) is 0. The smallest absolute Gasteiger partial charge is 0.0885 e. The van der Waals surface area contributed by atoms with Gasteiger partial charge in [0.05, 0.1) is 44.6 Å². The Labute approximate surface area is 76.4 Å². The van der Waals surface area contributed by atoms with Gasteiger partial charge in [0.25, 0.3) is 0 Å². The highest BCUT2D eigenvalue weighted by Gasteiger charge is 2.30. The number of hydrogen-bond acceptors (Lipinski definition) is 6. The third-order valence-electron chi connectivity index (χ3n) is 1.86. The number of aliphatic hydroxyl groups is 5. The minimum atomic E-state index is -1.25. The third-order valence-corrected chi connectivity index (χ3v) is 1.86. The molecule has 13 heavy (non-hydrogen) atoms. The summed E-state index contributed by atoms with van der Waals surface area (Å²) in [5, 5.41) is 46.6. The lowest BCUT2D eigenvalue weighted by Crippen LogP contribution is -2.60. The predicted octanol–water partition coefficient (Wildman–Crippen LogP) is -3.36. The van der Waals surface area contributed by atoms with E-state index in [0.29, 0.717) is 0 Å². The first-order chi connectivity index (χ1) is 6.17. The average molecular weight is 195 g/mol. The first-order valence-electron chi connectivity index (χ1n) is 4.00. The van der Waals surface area contributed by atoms with Crippen molar-refractivity contribution < 1.29 is 25.5 Å². The van der Waals surface area contributed by atoms with E-state index in [1.54, 1.807) is 0 Å². The van der Waals surface area contributed by atoms with Crippen LogP contribution in [0.1, 0.15) is 0 Å². The first-order valence-corrected chi connectivity index (χ1v) is 4.00. The van der Waals surface area contributed by atoms with Crippen LogP contribution in [0.3, 0.4) is 0 Å². The molecule has 0 unspecified atom stereocenters. The van der Waals surface area contributed by atoms with Crippen molar-refractivity contribution in [3.05, 3.63) is 0 Å². The molecule has 0 aromatic heterocycles. The summed E-state index contributed by atoms with van der Waals surface area (Å²) in [5.41, 5.74) is -1.25. The lowest BCUT2D eigenvalue weighted by molar-refractivity contribution is 0.0200. The van der Waals surface area contributed by atoms with Crippen molar-refractivity contribution in [2.75, 3.05) is 33.0 Å². The van der Waals surface area contributed by atoms with Crippen LogP contribution < -0.4 is 5.32 Å². The van der Waals surface area contributed by atoms with E-state index >= 15 is 0 Å². The summed E-state index contributed by atoms with van der Waals surface area (Å²) in [6.07, 6.45) is 0. The Kier molecular flexibility index (Phi) is 6.13. The number of aliphatic hydroxyl groups excluding tert-OH is 5. The van der Waals surface area contributed by atoms with Crippen LogP contribution in [0.4, 0.5) is 0 Å². The summed E-state index contributed by atoms with van der Waals surface area (Å²) >= 11 is 0. The second-order valence-corrected chi connectivity index (χ2v) is 2.96. The molecule has 80 valence electrons. The van der Waals surface area contributed by atoms with Crippen LogP contribution in [0.25, 0.3) is 0 Å². The van der Waals surface area contributed by atoms with Crippen molar-refractivity contribution in [3.8, 4) is 0 Å². The Bertz CT molecular complexity index is 116. The minimum Gasteiger partial charge on any atom is -0.395 e. The van der Waals surface area contributed by atoms with E-state index < -0.39 is 31.4 Å². The zero-order chi connectivity index (χ0) is 10.3. The maximum Gasteiger partial charge on any atom is 0.0885 e. The molecule has 0 saturated heterocycles. The van der Waals surface area contributed by atoms with Crippen molar-refractivity contribution in [2.45, 2.75) is 11.6 Å². The van der Waals surface area contributed by atoms with E-state index in [1.165, 1.54) is 0 Å². The van der Waals surface area contributed by atoms with Gasteiger partial charge in [0.2, 0.25) is 0 Å². The van der Waals surface area contributed by atoms with Gasteiger partial charge in [-0.1, -0.05) is 0 Å². The van der Waals surface area contributed by atoms with Crippen molar-refractivity contribution in [1.29, 1.82) is 0 Å². The zero-order valence-corrected chi connectivity index (χ0v) is 7.35. The molecule has 0 aliphatic carbocycles. The summed E-state index contributed by atoms with van der Waals surface area (Å²) in [6, 6.07) is -0.661. The lowest BCUT2D eigenvalue weighted by atomic mass is 10.0. The molecule has 0 atom stereocenters. The molecule has 0 radical (unpaired) electrons. The largest absolute Gasteiger partial charge is 0.395 e. The maximum absolute atomic E-state index is 8.87. The summed E-state index contributed by atoms with van der Waals surface area (Å²) in [5.74, 6) is 0. The van der Waals surface area contributed by atoms with Gasteiger partial charge in [0, 0.05) is 0 Å². The van der Waals surface area contributed by atoms with E-state index in [4.69, 9.17) is 25.5 Å². The van der Waals surface area contributed by atoms with Crippen LogP contribution >= 0.6 is 0 Å². The van der Waals surface area contributed by atoms with Crippen molar-refractivity contribution in [2.24, 2.45) is 0 Å². The Morgan fingerprint density at radius 1 is 0.846 bits per heavy atom. The fourth-order valence-electron chi connectivity index (χ4n) is 0.869. The van der Waals surface area contributed by atoms with Crippen LogP contribution in [-0.4, -0.2) is 70.1 Å². The molecule has 0 aliphatic rings. The molecule has 0 aromatic rings. The van der Waals surface area contributed by atoms with Crippen molar-refractivity contribution in [3.63, 3.8) is 0 Å². The van der Waals surface area contributed by atoms with Crippen LogP contribution in [0, 0.1) is 0 Å².